The van der Waals surface area contributed by atoms with Gasteiger partial charge in [-0.3, -0.25) is 10.3 Å². The maximum Gasteiger partial charge on any atom is 0.446 e. The van der Waals surface area contributed by atoms with Gasteiger partial charge >= 0.3 is 5.51 Å². The van der Waals surface area contributed by atoms with Crippen LogP contribution in [0.4, 0.5) is 24.5 Å². The van der Waals surface area contributed by atoms with Gasteiger partial charge in [0.25, 0.3) is 0 Å². The molecule has 0 aromatic heterocycles. The van der Waals surface area contributed by atoms with Gasteiger partial charge in [0, 0.05) is 9.79 Å². The van der Waals surface area contributed by atoms with E-state index in [4.69, 9.17) is 22.7 Å². The zero-order valence-electron chi connectivity index (χ0n) is 12.4. The predicted octanol–water partition coefficient (Wildman–Crippen LogP) is 5.71. The van der Waals surface area contributed by atoms with Crippen LogP contribution in [0.3, 0.4) is 0 Å². The minimum atomic E-state index is -4.41. The largest absolute Gasteiger partial charge is 0.446 e. The first-order chi connectivity index (χ1) is 11.2. The van der Waals surface area contributed by atoms with Gasteiger partial charge in [0.15, 0.2) is 5.96 Å². The number of anilines is 2. The number of halogens is 4. The smallest absolute Gasteiger partial charge is 0.369 e. The van der Waals surface area contributed by atoms with E-state index in [0.29, 0.717) is 5.69 Å². The number of alkyl halides is 3. The van der Waals surface area contributed by atoms with Crippen molar-refractivity contribution in [2.45, 2.75) is 15.3 Å². The molecule has 24 heavy (non-hydrogen) atoms. The fourth-order valence-electron chi connectivity index (χ4n) is 2.02. The van der Waals surface area contributed by atoms with Crippen LogP contribution in [0.2, 0.25) is 5.02 Å². The Morgan fingerprint density at radius 3 is 2.46 bits per heavy atom. The number of benzene rings is 2. The highest BCUT2D eigenvalue weighted by atomic mass is 35.5. The monoisotopic (exact) mass is 391 g/mol. The second-order valence-electron chi connectivity index (χ2n) is 4.58. The van der Waals surface area contributed by atoms with Gasteiger partial charge in [0.1, 0.15) is 0 Å². The van der Waals surface area contributed by atoms with E-state index in [1.807, 2.05) is 12.3 Å². The number of nitrogens with zero attached hydrogens (tertiary/aromatic N) is 1. The Kier molecular flexibility index (Phi) is 5.95. The zero-order valence-corrected chi connectivity index (χ0v) is 14.8. The first-order valence-electron chi connectivity index (χ1n) is 6.55. The Bertz CT molecular complexity index is 753. The summed E-state index contributed by atoms with van der Waals surface area (Å²) in [6.45, 7) is 0. The molecule has 9 heteroatoms. The summed E-state index contributed by atoms with van der Waals surface area (Å²) in [6.07, 6.45) is 1.89. The highest BCUT2D eigenvalue weighted by Crippen LogP contribution is 2.41. The van der Waals surface area contributed by atoms with Crippen LogP contribution in [0.1, 0.15) is 0 Å². The molecule has 128 valence electrons. The molecule has 0 saturated heterocycles. The van der Waals surface area contributed by atoms with Crippen molar-refractivity contribution in [3.05, 3.63) is 47.5 Å². The molecular formula is C15H13ClF3N3S2. The van der Waals surface area contributed by atoms with E-state index in [1.165, 1.54) is 34.9 Å². The summed E-state index contributed by atoms with van der Waals surface area (Å²) >= 11 is 7.39. The minimum Gasteiger partial charge on any atom is -0.369 e. The van der Waals surface area contributed by atoms with Crippen molar-refractivity contribution in [2.75, 3.05) is 11.2 Å². The average molecular weight is 392 g/mol. The van der Waals surface area contributed by atoms with Gasteiger partial charge in [-0.2, -0.15) is 13.2 Å². The van der Waals surface area contributed by atoms with E-state index in [-0.39, 0.29) is 33.3 Å². The number of hydrogen-bond acceptors (Lipinski definition) is 3. The van der Waals surface area contributed by atoms with Crippen molar-refractivity contribution in [2.24, 2.45) is 5.73 Å². The van der Waals surface area contributed by atoms with E-state index in [2.05, 4.69) is 0 Å². The third kappa shape index (κ3) is 4.75. The van der Waals surface area contributed by atoms with Crippen molar-refractivity contribution in [1.82, 2.24) is 0 Å². The Labute approximate surface area is 150 Å². The summed E-state index contributed by atoms with van der Waals surface area (Å²) in [7, 11) is 0. The highest BCUT2D eigenvalue weighted by Gasteiger charge is 2.30. The minimum absolute atomic E-state index is 0.0332. The third-order valence-corrected chi connectivity index (χ3v) is 4.71. The standard InChI is InChI=1S/C15H13ClF3N3S2/c1-23-10-4-2-3-9(7-10)22(14(20)21)13-8-11(5-6-12(13)16)24-15(17,18)19/h2-8H,1H3,(H3,20,21). The molecule has 0 fully saturated rings. The average Bonchev–Trinajstić information content (AvgIpc) is 2.49. The summed E-state index contributed by atoms with van der Waals surface area (Å²) in [5, 5.41) is 8.01. The lowest BCUT2D eigenvalue weighted by molar-refractivity contribution is -0.0328. The fraction of sp³-hybridized carbons (Fsp3) is 0.133. The summed E-state index contributed by atoms with van der Waals surface area (Å²) in [6, 6.07) is 11.1. The predicted molar refractivity (Wildman–Crippen MR) is 95.6 cm³/mol. The lowest BCUT2D eigenvalue weighted by Gasteiger charge is -2.25. The van der Waals surface area contributed by atoms with E-state index in [1.54, 1.807) is 18.2 Å². The van der Waals surface area contributed by atoms with Crippen LogP contribution in [0.15, 0.2) is 52.3 Å². The molecular weight excluding hydrogens is 379 g/mol. The Balaban J connectivity index is 2.51. The van der Waals surface area contributed by atoms with Crippen molar-refractivity contribution < 1.29 is 13.2 Å². The Morgan fingerprint density at radius 2 is 1.88 bits per heavy atom. The molecule has 0 heterocycles. The van der Waals surface area contributed by atoms with Crippen molar-refractivity contribution in [3.63, 3.8) is 0 Å². The summed E-state index contributed by atoms with van der Waals surface area (Å²) < 4.78 is 37.8. The molecule has 0 spiro atoms. The summed E-state index contributed by atoms with van der Waals surface area (Å²) in [4.78, 5) is 2.20. The maximum absolute atomic E-state index is 12.6. The molecule has 0 unspecified atom stereocenters. The molecule has 0 radical (unpaired) electrons. The van der Waals surface area contributed by atoms with Crippen LogP contribution in [0.25, 0.3) is 0 Å². The molecule has 0 aliphatic heterocycles. The molecule has 0 atom stereocenters. The van der Waals surface area contributed by atoms with Crippen LogP contribution in [-0.2, 0) is 0 Å². The van der Waals surface area contributed by atoms with Crippen molar-refractivity contribution in [3.8, 4) is 0 Å². The zero-order chi connectivity index (χ0) is 17.9. The van der Waals surface area contributed by atoms with Gasteiger partial charge in [-0.15, -0.1) is 11.8 Å². The Hall–Kier alpha value is -1.51. The van der Waals surface area contributed by atoms with E-state index in [0.717, 1.165) is 4.90 Å². The number of rotatable bonds is 4. The molecule has 2 aromatic rings. The van der Waals surface area contributed by atoms with Gasteiger partial charge in [0.2, 0.25) is 0 Å². The second kappa shape index (κ2) is 7.58. The van der Waals surface area contributed by atoms with E-state index in [9.17, 15) is 13.2 Å². The highest BCUT2D eigenvalue weighted by molar-refractivity contribution is 8.00. The lowest BCUT2D eigenvalue weighted by Crippen LogP contribution is -2.32. The van der Waals surface area contributed by atoms with Crippen LogP contribution in [0, 0.1) is 5.41 Å². The SMILES string of the molecule is CSc1cccc(N(C(=N)N)c2cc(SC(F)(F)F)ccc2Cl)c1. The van der Waals surface area contributed by atoms with Crippen LogP contribution < -0.4 is 10.6 Å². The van der Waals surface area contributed by atoms with Gasteiger partial charge in [0.05, 0.1) is 16.4 Å². The molecule has 2 rings (SSSR count). The molecule has 0 saturated carbocycles. The number of hydrogen-bond donors (Lipinski definition) is 2. The number of nitrogens with one attached hydrogen (secondary N) is 1. The van der Waals surface area contributed by atoms with Gasteiger partial charge in [-0.25, -0.2) is 0 Å². The summed E-state index contributed by atoms with van der Waals surface area (Å²) in [5.41, 5.74) is 2.01. The summed E-state index contributed by atoms with van der Waals surface area (Å²) in [5.74, 6) is -0.343. The number of nitrogens with two attached hydrogens (primary N) is 1. The van der Waals surface area contributed by atoms with Crippen molar-refractivity contribution in [1.29, 1.82) is 5.41 Å². The molecule has 0 amide bonds. The van der Waals surface area contributed by atoms with Gasteiger partial charge in [-0.05, 0) is 54.4 Å². The first-order valence-corrected chi connectivity index (χ1v) is 8.96. The van der Waals surface area contributed by atoms with Gasteiger partial charge in [-0.1, -0.05) is 17.7 Å². The first kappa shape index (κ1) is 18.8. The van der Waals surface area contributed by atoms with Crippen LogP contribution >= 0.6 is 35.1 Å². The quantitative estimate of drug-likeness (QED) is 0.398. The third-order valence-electron chi connectivity index (χ3n) is 2.94. The molecule has 0 aliphatic rings. The lowest BCUT2D eigenvalue weighted by atomic mass is 10.2. The number of guanidine groups is 1. The van der Waals surface area contributed by atoms with Crippen LogP contribution in [0.5, 0.6) is 0 Å². The van der Waals surface area contributed by atoms with Gasteiger partial charge < -0.3 is 5.73 Å². The molecule has 0 bridgehead atoms. The van der Waals surface area contributed by atoms with E-state index < -0.39 is 5.51 Å². The molecule has 2 aromatic carbocycles. The molecule has 3 nitrogen and oxygen atoms in total. The molecule has 0 aliphatic carbocycles. The fourth-order valence-corrected chi connectivity index (χ4v) is 3.25. The van der Waals surface area contributed by atoms with Crippen LogP contribution in [-0.4, -0.2) is 17.7 Å². The second-order valence-corrected chi connectivity index (χ2v) is 7.01. The topological polar surface area (TPSA) is 53.1 Å². The normalized spacial score (nSPS) is 11.4. The Morgan fingerprint density at radius 1 is 1.17 bits per heavy atom. The van der Waals surface area contributed by atoms with Crippen molar-refractivity contribution >= 4 is 52.5 Å². The maximum atomic E-state index is 12.6. The van der Waals surface area contributed by atoms with E-state index >= 15 is 0 Å². The number of thioether (sulfide) groups is 2. The molecule has 3 N–H and O–H groups in total.